The standard InChI is InChI=1S/C12H6BrClFN3O/c13-9-11(14)17-6-18(12(9)19)5-8-3-1-2-7(4-16)10(8)15/h1-3,6H,5H2. The predicted molar refractivity (Wildman–Crippen MR) is 71.4 cm³/mol. The second-order valence-electron chi connectivity index (χ2n) is 3.67. The van der Waals surface area contributed by atoms with Crippen molar-refractivity contribution in [3.8, 4) is 6.07 Å². The third kappa shape index (κ3) is 2.67. The maximum Gasteiger partial charge on any atom is 0.269 e. The average Bonchev–Trinajstić information content (AvgIpc) is 2.41. The van der Waals surface area contributed by atoms with E-state index >= 15 is 0 Å². The van der Waals surface area contributed by atoms with E-state index < -0.39 is 11.4 Å². The Balaban J connectivity index is 2.46. The Hall–Kier alpha value is -1.71. The van der Waals surface area contributed by atoms with Gasteiger partial charge in [-0.3, -0.25) is 9.36 Å². The highest BCUT2D eigenvalue weighted by Gasteiger charge is 2.11. The van der Waals surface area contributed by atoms with Gasteiger partial charge in [-0.1, -0.05) is 23.7 Å². The number of nitrogens with zero attached hydrogens (tertiary/aromatic N) is 3. The Bertz CT molecular complexity index is 739. The van der Waals surface area contributed by atoms with Crippen LogP contribution in [0.1, 0.15) is 11.1 Å². The Kier molecular flexibility index (Phi) is 3.98. The van der Waals surface area contributed by atoms with Gasteiger partial charge in [0.15, 0.2) is 5.15 Å². The molecule has 0 saturated heterocycles. The van der Waals surface area contributed by atoms with Crippen LogP contribution >= 0.6 is 27.5 Å². The number of hydrogen-bond donors (Lipinski definition) is 0. The minimum absolute atomic E-state index is 0.0248. The topological polar surface area (TPSA) is 58.7 Å². The van der Waals surface area contributed by atoms with Gasteiger partial charge in [0.2, 0.25) is 0 Å². The lowest BCUT2D eigenvalue weighted by Gasteiger charge is -2.08. The Labute approximate surface area is 121 Å². The smallest absolute Gasteiger partial charge is 0.269 e. The summed E-state index contributed by atoms with van der Waals surface area (Å²) in [7, 11) is 0. The van der Waals surface area contributed by atoms with Crippen LogP contribution in [-0.4, -0.2) is 9.55 Å². The van der Waals surface area contributed by atoms with Gasteiger partial charge in [0.25, 0.3) is 5.56 Å². The Morgan fingerprint density at radius 2 is 2.26 bits per heavy atom. The molecule has 0 amide bonds. The van der Waals surface area contributed by atoms with Gasteiger partial charge >= 0.3 is 0 Å². The molecule has 0 unspecified atom stereocenters. The van der Waals surface area contributed by atoms with E-state index in [1.165, 1.54) is 23.0 Å². The number of hydrogen-bond acceptors (Lipinski definition) is 3. The van der Waals surface area contributed by atoms with Crippen molar-refractivity contribution in [1.82, 2.24) is 9.55 Å². The van der Waals surface area contributed by atoms with Gasteiger partial charge < -0.3 is 0 Å². The number of nitriles is 1. The summed E-state index contributed by atoms with van der Waals surface area (Å²) < 4.78 is 15.2. The van der Waals surface area contributed by atoms with Crippen LogP contribution in [0.25, 0.3) is 0 Å². The molecule has 7 heteroatoms. The van der Waals surface area contributed by atoms with E-state index in [1.54, 1.807) is 12.1 Å². The summed E-state index contributed by atoms with van der Waals surface area (Å²) in [5, 5.41) is 8.80. The molecular weight excluding hydrogens is 337 g/mol. The first-order valence-electron chi connectivity index (χ1n) is 5.12. The molecule has 0 bridgehead atoms. The number of halogens is 3. The second kappa shape index (κ2) is 5.51. The molecule has 0 atom stereocenters. The maximum absolute atomic E-state index is 13.9. The first-order valence-corrected chi connectivity index (χ1v) is 6.29. The molecule has 1 aromatic carbocycles. The van der Waals surface area contributed by atoms with Crippen molar-refractivity contribution < 1.29 is 4.39 Å². The lowest BCUT2D eigenvalue weighted by Crippen LogP contribution is -2.22. The zero-order valence-corrected chi connectivity index (χ0v) is 11.7. The van der Waals surface area contributed by atoms with Gasteiger partial charge in [-0.25, -0.2) is 9.37 Å². The Morgan fingerprint density at radius 3 is 2.95 bits per heavy atom. The second-order valence-corrected chi connectivity index (χ2v) is 4.82. The fourth-order valence-electron chi connectivity index (χ4n) is 1.53. The van der Waals surface area contributed by atoms with Crippen molar-refractivity contribution in [1.29, 1.82) is 5.26 Å². The van der Waals surface area contributed by atoms with Crippen molar-refractivity contribution in [2.75, 3.05) is 0 Å². The fraction of sp³-hybridized carbons (Fsp3) is 0.0833. The van der Waals surface area contributed by atoms with Crippen LogP contribution in [-0.2, 0) is 6.54 Å². The molecule has 0 aliphatic heterocycles. The third-order valence-electron chi connectivity index (χ3n) is 2.48. The molecule has 2 aromatic rings. The van der Waals surface area contributed by atoms with Crippen molar-refractivity contribution in [3.05, 3.63) is 61.5 Å². The summed E-state index contributed by atoms with van der Waals surface area (Å²) in [6, 6.07) is 6.18. The minimum atomic E-state index is -0.636. The van der Waals surface area contributed by atoms with E-state index in [9.17, 15) is 9.18 Å². The highest BCUT2D eigenvalue weighted by Crippen LogP contribution is 2.16. The molecular formula is C12H6BrClFN3O. The molecule has 0 saturated carbocycles. The minimum Gasteiger partial charge on any atom is -0.294 e. The first kappa shape index (κ1) is 13.7. The number of benzene rings is 1. The SMILES string of the molecule is N#Cc1cccc(Cn2cnc(Cl)c(Br)c2=O)c1F. The molecule has 1 aromatic heterocycles. The lowest BCUT2D eigenvalue weighted by atomic mass is 10.1. The zero-order chi connectivity index (χ0) is 14.0. The molecule has 0 aliphatic rings. The van der Waals surface area contributed by atoms with E-state index in [1.807, 2.05) is 0 Å². The highest BCUT2D eigenvalue weighted by molar-refractivity contribution is 9.10. The van der Waals surface area contributed by atoms with Crippen molar-refractivity contribution >= 4 is 27.5 Å². The van der Waals surface area contributed by atoms with E-state index in [0.717, 1.165) is 0 Å². The van der Waals surface area contributed by atoms with Crippen LogP contribution in [0.5, 0.6) is 0 Å². The summed E-state index contributed by atoms with van der Waals surface area (Å²) in [4.78, 5) is 15.7. The lowest BCUT2D eigenvalue weighted by molar-refractivity contribution is 0.590. The largest absolute Gasteiger partial charge is 0.294 e. The van der Waals surface area contributed by atoms with Gasteiger partial charge in [0.05, 0.1) is 18.4 Å². The van der Waals surface area contributed by atoms with E-state index in [4.69, 9.17) is 16.9 Å². The van der Waals surface area contributed by atoms with Crippen LogP contribution in [0, 0.1) is 17.1 Å². The molecule has 1 heterocycles. The summed E-state index contributed by atoms with van der Waals surface area (Å²) in [6.07, 6.45) is 1.23. The van der Waals surface area contributed by atoms with Crippen LogP contribution in [0.2, 0.25) is 5.15 Å². The van der Waals surface area contributed by atoms with Gasteiger partial charge in [0.1, 0.15) is 16.4 Å². The molecule has 2 rings (SSSR count). The summed E-state index contributed by atoms with van der Waals surface area (Å²) >= 11 is 8.70. The summed E-state index contributed by atoms with van der Waals surface area (Å²) in [5.41, 5.74) is -0.245. The van der Waals surface area contributed by atoms with E-state index in [2.05, 4.69) is 20.9 Å². The van der Waals surface area contributed by atoms with E-state index in [0.29, 0.717) is 0 Å². The molecule has 0 aliphatic carbocycles. The van der Waals surface area contributed by atoms with Gasteiger partial charge in [0, 0.05) is 5.56 Å². The number of rotatable bonds is 2. The monoisotopic (exact) mass is 341 g/mol. The fourth-order valence-corrected chi connectivity index (χ4v) is 1.98. The van der Waals surface area contributed by atoms with Crippen molar-refractivity contribution in [2.24, 2.45) is 0 Å². The zero-order valence-electron chi connectivity index (χ0n) is 9.40. The highest BCUT2D eigenvalue weighted by atomic mass is 79.9. The molecule has 0 radical (unpaired) electrons. The molecule has 0 fully saturated rings. The van der Waals surface area contributed by atoms with Crippen LogP contribution in [0.4, 0.5) is 4.39 Å². The maximum atomic E-state index is 13.9. The van der Waals surface area contributed by atoms with Crippen molar-refractivity contribution in [2.45, 2.75) is 6.54 Å². The third-order valence-corrected chi connectivity index (χ3v) is 3.71. The van der Waals surface area contributed by atoms with Crippen LogP contribution in [0.15, 0.2) is 33.8 Å². The number of aromatic nitrogens is 2. The quantitative estimate of drug-likeness (QED) is 0.789. The van der Waals surface area contributed by atoms with Gasteiger partial charge in [-0.05, 0) is 22.0 Å². The molecule has 19 heavy (non-hydrogen) atoms. The van der Waals surface area contributed by atoms with Crippen molar-refractivity contribution in [3.63, 3.8) is 0 Å². The molecule has 4 nitrogen and oxygen atoms in total. The molecule has 96 valence electrons. The normalized spacial score (nSPS) is 10.2. The van der Waals surface area contributed by atoms with Gasteiger partial charge in [-0.2, -0.15) is 5.26 Å². The van der Waals surface area contributed by atoms with Crippen LogP contribution < -0.4 is 5.56 Å². The average molecular weight is 343 g/mol. The summed E-state index contributed by atoms with van der Waals surface area (Å²) in [5.74, 6) is -0.636. The molecule has 0 N–H and O–H groups in total. The summed E-state index contributed by atoms with van der Waals surface area (Å²) in [6.45, 7) is -0.0248. The predicted octanol–water partition coefficient (Wildman–Crippen LogP) is 2.72. The van der Waals surface area contributed by atoms with E-state index in [-0.39, 0.29) is 27.3 Å². The van der Waals surface area contributed by atoms with Crippen LogP contribution in [0.3, 0.4) is 0 Å². The first-order chi connectivity index (χ1) is 9.04. The molecule has 0 spiro atoms. The Morgan fingerprint density at radius 1 is 1.53 bits per heavy atom. The van der Waals surface area contributed by atoms with Gasteiger partial charge in [-0.15, -0.1) is 0 Å².